The van der Waals surface area contributed by atoms with Crippen LogP contribution in [-0.2, 0) is 6.42 Å². The van der Waals surface area contributed by atoms with Crippen molar-refractivity contribution in [2.75, 3.05) is 0 Å². The summed E-state index contributed by atoms with van der Waals surface area (Å²) in [4.78, 5) is 0. The fourth-order valence-electron chi connectivity index (χ4n) is 10.3. The van der Waals surface area contributed by atoms with Crippen molar-refractivity contribution < 1.29 is 0 Å². The lowest BCUT2D eigenvalue weighted by atomic mass is 9.32. The fourth-order valence-corrected chi connectivity index (χ4v) is 14.5. The third-order valence-electron chi connectivity index (χ3n) is 13.9. The molecule has 4 aliphatic rings. The van der Waals surface area contributed by atoms with E-state index in [-0.39, 0.29) is 26.7 Å². The number of rotatable bonds is 3. The topological polar surface area (TPSA) is 0 Å². The van der Waals surface area contributed by atoms with Crippen LogP contribution in [0.5, 0.6) is 0 Å². The summed E-state index contributed by atoms with van der Waals surface area (Å²) in [6.45, 7) is 21.2. The Morgan fingerprint density at radius 1 is 0.643 bits per heavy atom. The van der Waals surface area contributed by atoms with Crippen LogP contribution in [0, 0.1) is 27.6 Å². The Hall–Kier alpha value is -2.90. The summed E-state index contributed by atoms with van der Waals surface area (Å²) >= 11 is 0. The summed E-state index contributed by atoms with van der Waals surface area (Å²) in [5, 5.41) is 3.03. The molecule has 3 unspecified atom stereocenters. The van der Waals surface area contributed by atoms with Crippen molar-refractivity contribution in [1.82, 2.24) is 0 Å². The van der Waals surface area contributed by atoms with Gasteiger partial charge in [0.2, 0.25) is 0 Å². The van der Waals surface area contributed by atoms with Crippen molar-refractivity contribution >= 4 is 24.7 Å². The lowest BCUT2D eigenvalue weighted by Gasteiger charge is -2.76. The second kappa shape index (κ2) is 9.05. The van der Waals surface area contributed by atoms with Gasteiger partial charge in [0.25, 0.3) is 0 Å². The van der Waals surface area contributed by atoms with Crippen molar-refractivity contribution in [1.29, 1.82) is 0 Å². The Morgan fingerprint density at radius 3 is 1.83 bits per heavy atom. The first-order chi connectivity index (χ1) is 19.9. The maximum atomic E-state index is 2.73. The van der Waals surface area contributed by atoms with Crippen LogP contribution in [-0.4, -0.2) is 8.80 Å². The molecule has 0 saturated heterocycles. The van der Waals surface area contributed by atoms with Gasteiger partial charge in [-0.15, -0.1) is 0 Å². The molecule has 0 aliphatic heterocycles. The van der Waals surface area contributed by atoms with Crippen LogP contribution in [0.1, 0.15) is 79.4 Å². The standard InChI is InChI=1S/C41H47Si/c1-37(2)38(3,4)40(7)34-26-18-17-25-32(34)35-31-24-16-15-19-28(31)27-33(35)36(40)41(8,39(37,5)6)42(29-20-11-9-12-21-29)30-22-13-10-14-23-30/h9-17,19-25,34H,18,26-27H2,1-8H3. The van der Waals surface area contributed by atoms with E-state index in [1.807, 2.05) is 0 Å². The SMILES string of the molecule is CC12C(=C3Cc4ccccc4C3=C3C=CCCC31)C(C)([Si](c1ccccc1)c1ccccc1)C(C)(C)C(C)(C)C2(C)C. The van der Waals surface area contributed by atoms with Crippen LogP contribution in [0.4, 0.5) is 0 Å². The molecule has 7 rings (SSSR count). The zero-order chi connectivity index (χ0) is 29.7. The molecule has 3 aromatic carbocycles. The van der Waals surface area contributed by atoms with Gasteiger partial charge >= 0.3 is 0 Å². The molecule has 0 bridgehead atoms. The first-order valence-electron chi connectivity index (χ1n) is 16.1. The van der Waals surface area contributed by atoms with E-state index in [1.54, 1.807) is 22.3 Å². The van der Waals surface area contributed by atoms with Crippen LogP contribution >= 0.6 is 0 Å². The van der Waals surface area contributed by atoms with Crippen molar-refractivity contribution in [3.8, 4) is 0 Å². The molecule has 3 atom stereocenters. The molecule has 3 aromatic rings. The Balaban J connectivity index is 1.67. The molecule has 0 N–H and O–H groups in total. The Kier molecular flexibility index (Phi) is 6.01. The second-order valence-corrected chi connectivity index (χ2v) is 18.3. The molecule has 0 spiro atoms. The molecule has 0 aromatic heterocycles. The maximum Gasteiger partial charge on any atom is 0.132 e. The zero-order valence-corrected chi connectivity index (χ0v) is 27.9. The number of hydrogen-bond donors (Lipinski definition) is 0. The highest BCUT2D eigenvalue weighted by Crippen LogP contribution is 2.82. The fraction of sp³-hybridized carbons (Fsp3) is 0.415. The summed E-state index contributed by atoms with van der Waals surface area (Å²) in [5.74, 6) is 0.516. The molecule has 0 amide bonds. The van der Waals surface area contributed by atoms with Crippen molar-refractivity contribution in [3.05, 3.63) is 125 Å². The molecule has 42 heavy (non-hydrogen) atoms. The minimum Gasteiger partial charge on any atom is -0.0842 e. The number of fused-ring (bicyclic) bond motifs is 6. The van der Waals surface area contributed by atoms with Crippen LogP contribution in [0.15, 0.2) is 114 Å². The maximum absolute atomic E-state index is 2.73. The highest BCUT2D eigenvalue weighted by Gasteiger charge is 2.74. The van der Waals surface area contributed by atoms with Crippen molar-refractivity contribution in [2.24, 2.45) is 27.6 Å². The van der Waals surface area contributed by atoms with Crippen LogP contribution in [0.2, 0.25) is 5.04 Å². The monoisotopic (exact) mass is 567 g/mol. The van der Waals surface area contributed by atoms with Gasteiger partial charge in [0.1, 0.15) is 8.80 Å². The summed E-state index contributed by atoms with van der Waals surface area (Å²) in [6, 6.07) is 32.6. The molecular weight excluding hydrogens is 521 g/mol. The second-order valence-electron chi connectivity index (χ2n) is 15.4. The van der Waals surface area contributed by atoms with Gasteiger partial charge in [0, 0.05) is 5.41 Å². The molecule has 4 aliphatic carbocycles. The summed E-state index contributed by atoms with van der Waals surface area (Å²) in [5.41, 5.74) is 9.85. The third-order valence-corrected chi connectivity index (χ3v) is 17.6. The highest BCUT2D eigenvalue weighted by atomic mass is 28.3. The zero-order valence-electron chi connectivity index (χ0n) is 26.9. The lowest BCUT2D eigenvalue weighted by molar-refractivity contribution is -0.155. The smallest absolute Gasteiger partial charge is 0.0842 e. The molecule has 1 heteroatoms. The van der Waals surface area contributed by atoms with E-state index in [0.717, 1.165) is 6.42 Å². The average Bonchev–Trinajstić information content (AvgIpc) is 3.36. The summed E-state index contributed by atoms with van der Waals surface area (Å²) < 4.78 is 0. The van der Waals surface area contributed by atoms with Gasteiger partial charge in [0.15, 0.2) is 0 Å². The normalized spacial score (nSPS) is 30.1. The summed E-state index contributed by atoms with van der Waals surface area (Å²) in [7, 11) is -1.29. The molecule has 0 heterocycles. The van der Waals surface area contributed by atoms with Gasteiger partial charge < -0.3 is 0 Å². The first kappa shape index (κ1) is 27.9. The van der Waals surface area contributed by atoms with Gasteiger partial charge in [0.05, 0.1) is 0 Å². The van der Waals surface area contributed by atoms with Gasteiger partial charge in [-0.2, -0.15) is 0 Å². The lowest BCUT2D eigenvalue weighted by Crippen LogP contribution is -2.71. The van der Waals surface area contributed by atoms with Gasteiger partial charge in [-0.25, -0.2) is 0 Å². The Labute approximate surface area is 256 Å². The first-order valence-corrected chi connectivity index (χ1v) is 17.6. The average molecular weight is 568 g/mol. The minimum absolute atomic E-state index is 0.0210. The molecular formula is C41H47Si. The van der Waals surface area contributed by atoms with E-state index >= 15 is 0 Å². The van der Waals surface area contributed by atoms with Crippen LogP contribution in [0.25, 0.3) is 5.57 Å². The van der Waals surface area contributed by atoms with Crippen molar-refractivity contribution in [3.63, 3.8) is 0 Å². The van der Waals surface area contributed by atoms with Crippen molar-refractivity contribution in [2.45, 2.75) is 79.7 Å². The molecule has 1 fully saturated rings. The largest absolute Gasteiger partial charge is 0.132 e. The Morgan fingerprint density at radius 2 is 1.21 bits per heavy atom. The Bertz CT molecular complexity index is 1610. The highest BCUT2D eigenvalue weighted by molar-refractivity contribution is 6.88. The van der Waals surface area contributed by atoms with Gasteiger partial charge in [-0.05, 0) is 74.3 Å². The van der Waals surface area contributed by atoms with E-state index < -0.39 is 8.80 Å². The van der Waals surface area contributed by atoms with Gasteiger partial charge in [-0.1, -0.05) is 168 Å². The van der Waals surface area contributed by atoms with E-state index in [0.29, 0.717) is 5.92 Å². The van der Waals surface area contributed by atoms with Crippen LogP contribution < -0.4 is 10.4 Å². The summed E-state index contributed by atoms with van der Waals surface area (Å²) in [6.07, 6.45) is 8.46. The van der Waals surface area contributed by atoms with E-state index in [1.165, 1.54) is 34.3 Å². The molecule has 1 radical (unpaired) electrons. The number of benzene rings is 3. The molecule has 0 nitrogen and oxygen atoms in total. The quantitative estimate of drug-likeness (QED) is 0.277. The molecule has 1 saturated carbocycles. The number of allylic oxidation sites excluding steroid dienone is 6. The third kappa shape index (κ3) is 3.19. The van der Waals surface area contributed by atoms with Gasteiger partial charge in [-0.3, -0.25) is 0 Å². The minimum atomic E-state index is -1.29. The molecule has 215 valence electrons. The predicted molar refractivity (Wildman–Crippen MR) is 182 cm³/mol. The van der Waals surface area contributed by atoms with E-state index in [4.69, 9.17) is 0 Å². The van der Waals surface area contributed by atoms with Crippen LogP contribution in [0.3, 0.4) is 0 Å². The predicted octanol–water partition coefficient (Wildman–Crippen LogP) is 9.44. The van der Waals surface area contributed by atoms with E-state index in [9.17, 15) is 0 Å². The van der Waals surface area contributed by atoms with E-state index in [2.05, 4.69) is 152 Å². The number of hydrogen-bond acceptors (Lipinski definition) is 0.